The van der Waals surface area contributed by atoms with E-state index in [9.17, 15) is 13.2 Å². The second kappa shape index (κ2) is 3.64. The first-order valence-electron chi connectivity index (χ1n) is 3.66. The number of benzene rings is 1. The summed E-state index contributed by atoms with van der Waals surface area (Å²) >= 11 is 0. The molecule has 0 saturated heterocycles. The SMILES string of the molecule is [CH2]C(C=C)c1cc(F)c(F)cc1F. The molecule has 3 heteroatoms. The Morgan fingerprint density at radius 1 is 1.08 bits per heavy atom. The second-order valence-electron chi connectivity index (χ2n) is 2.63. The third-order valence-electron chi connectivity index (χ3n) is 1.72. The zero-order valence-electron chi connectivity index (χ0n) is 6.86. The van der Waals surface area contributed by atoms with Crippen molar-refractivity contribution in [2.24, 2.45) is 0 Å². The number of hydrogen-bond acceptors (Lipinski definition) is 0. The Labute approximate surface area is 74.7 Å². The predicted molar refractivity (Wildman–Crippen MR) is 44.6 cm³/mol. The van der Waals surface area contributed by atoms with Crippen LogP contribution in [0.5, 0.6) is 0 Å². The Morgan fingerprint density at radius 3 is 2.15 bits per heavy atom. The highest BCUT2D eigenvalue weighted by molar-refractivity contribution is 5.27. The third kappa shape index (κ3) is 1.91. The highest BCUT2D eigenvalue weighted by atomic mass is 19.2. The number of hydrogen-bond donors (Lipinski definition) is 0. The summed E-state index contributed by atoms with van der Waals surface area (Å²) in [6.07, 6.45) is 1.36. The van der Waals surface area contributed by atoms with E-state index in [2.05, 4.69) is 13.5 Å². The third-order valence-corrected chi connectivity index (χ3v) is 1.72. The zero-order chi connectivity index (χ0) is 10.0. The lowest BCUT2D eigenvalue weighted by molar-refractivity contribution is 0.490. The van der Waals surface area contributed by atoms with Crippen LogP contribution in [0.2, 0.25) is 0 Å². The van der Waals surface area contributed by atoms with Crippen LogP contribution in [0.15, 0.2) is 24.8 Å². The summed E-state index contributed by atoms with van der Waals surface area (Å²) in [6, 6.07) is 1.30. The van der Waals surface area contributed by atoms with Crippen molar-refractivity contribution in [3.8, 4) is 0 Å². The molecule has 13 heavy (non-hydrogen) atoms. The predicted octanol–water partition coefficient (Wildman–Crippen LogP) is 3.21. The summed E-state index contributed by atoms with van der Waals surface area (Å²) in [4.78, 5) is 0. The van der Waals surface area contributed by atoms with E-state index < -0.39 is 23.4 Å². The highest BCUT2D eigenvalue weighted by Gasteiger charge is 2.12. The van der Waals surface area contributed by atoms with E-state index in [-0.39, 0.29) is 5.56 Å². The highest BCUT2D eigenvalue weighted by Crippen LogP contribution is 2.21. The van der Waals surface area contributed by atoms with E-state index >= 15 is 0 Å². The standard InChI is InChI=1S/C10H8F3/c1-3-6(2)7-4-9(12)10(13)5-8(7)11/h3-6H,1-2H2. The van der Waals surface area contributed by atoms with Gasteiger partial charge in [-0.2, -0.15) is 0 Å². The normalized spacial score (nSPS) is 12.6. The van der Waals surface area contributed by atoms with Crippen molar-refractivity contribution in [2.75, 3.05) is 0 Å². The lowest BCUT2D eigenvalue weighted by atomic mass is 10.0. The average molecular weight is 185 g/mol. The molecule has 0 nitrogen and oxygen atoms in total. The minimum atomic E-state index is -1.20. The topological polar surface area (TPSA) is 0 Å². The van der Waals surface area contributed by atoms with Crippen LogP contribution in [0.1, 0.15) is 11.5 Å². The van der Waals surface area contributed by atoms with Crippen molar-refractivity contribution in [3.63, 3.8) is 0 Å². The molecule has 0 aromatic heterocycles. The average Bonchev–Trinajstić information content (AvgIpc) is 2.10. The minimum Gasteiger partial charge on any atom is -0.207 e. The Kier molecular flexibility index (Phi) is 2.76. The molecular formula is C10H8F3. The molecule has 1 rings (SSSR count). The van der Waals surface area contributed by atoms with Crippen LogP contribution >= 0.6 is 0 Å². The zero-order valence-corrected chi connectivity index (χ0v) is 6.86. The molecule has 0 aliphatic heterocycles. The van der Waals surface area contributed by atoms with E-state index in [1.807, 2.05) is 0 Å². The van der Waals surface area contributed by atoms with E-state index in [0.717, 1.165) is 6.07 Å². The Morgan fingerprint density at radius 2 is 1.62 bits per heavy atom. The van der Waals surface area contributed by atoms with Crippen LogP contribution in [0.25, 0.3) is 0 Å². The monoisotopic (exact) mass is 185 g/mol. The van der Waals surface area contributed by atoms with Crippen LogP contribution in [0.4, 0.5) is 13.2 Å². The van der Waals surface area contributed by atoms with Gasteiger partial charge in [-0.3, -0.25) is 0 Å². The quantitative estimate of drug-likeness (QED) is 0.490. The molecule has 0 spiro atoms. The van der Waals surface area contributed by atoms with E-state index in [1.165, 1.54) is 6.08 Å². The van der Waals surface area contributed by atoms with Gasteiger partial charge in [0.2, 0.25) is 0 Å². The molecule has 0 fully saturated rings. The van der Waals surface area contributed by atoms with Crippen LogP contribution in [0, 0.1) is 24.4 Å². The Bertz CT molecular complexity index is 331. The molecule has 0 bridgehead atoms. The van der Waals surface area contributed by atoms with Crippen molar-refractivity contribution in [1.82, 2.24) is 0 Å². The molecule has 1 radical (unpaired) electrons. The number of rotatable bonds is 2. The fraction of sp³-hybridized carbons (Fsp3) is 0.100. The summed E-state index contributed by atoms with van der Waals surface area (Å²) in [5.74, 6) is -3.65. The van der Waals surface area contributed by atoms with Crippen LogP contribution < -0.4 is 0 Å². The van der Waals surface area contributed by atoms with Crippen molar-refractivity contribution in [1.29, 1.82) is 0 Å². The minimum absolute atomic E-state index is 0.00824. The van der Waals surface area contributed by atoms with E-state index in [1.54, 1.807) is 0 Å². The molecule has 0 saturated carbocycles. The summed E-state index contributed by atoms with van der Waals surface area (Å²) in [5.41, 5.74) is 0.00824. The van der Waals surface area contributed by atoms with Gasteiger partial charge in [0.05, 0.1) is 0 Å². The molecular weight excluding hydrogens is 177 g/mol. The van der Waals surface area contributed by atoms with E-state index in [0.29, 0.717) is 6.07 Å². The van der Waals surface area contributed by atoms with Crippen molar-refractivity contribution < 1.29 is 13.2 Å². The summed E-state index contributed by atoms with van der Waals surface area (Å²) < 4.78 is 38.1. The molecule has 0 N–H and O–H groups in total. The molecule has 1 aromatic rings. The van der Waals surface area contributed by atoms with E-state index in [4.69, 9.17) is 0 Å². The fourth-order valence-electron chi connectivity index (χ4n) is 0.949. The van der Waals surface area contributed by atoms with Gasteiger partial charge in [0.25, 0.3) is 0 Å². The maximum absolute atomic E-state index is 13.0. The Hall–Kier alpha value is -1.25. The molecule has 0 aliphatic carbocycles. The Balaban J connectivity index is 3.22. The first-order valence-corrected chi connectivity index (χ1v) is 3.66. The van der Waals surface area contributed by atoms with Crippen molar-refractivity contribution in [3.05, 3.63) is 54.7 Å². The maximum Gasteiger partial charge on any atom is 0.161 e. The largest absolute Gasteiger partial charge is 0.207 e. The molecule has 1 unspecified atom stereocenters. The summed E-state index contributed by atoms with van der Waals surface area (Å²) in [6.45, 7) is 6.90. The van der Waals surface area contributed by atoms with Crippen LogP contribution in [-0.2, 0) is 0 Å². The molecule has 0 heterocycles. The first kappa shape index (κ1) is 9.84. The first-order chi connectivity index (χ1) is 6.06. The summed E-state index contributed by atoms with van der Waals surface area (Å²) in [5, 5.41) is 0. The lowest BCUT2D eigenvalue weighted by Gasteiger charge is -2.07. The van der Waals surface area contributed by atoms with Gasteiger partial charge in [0.15, 0.2) is 11.6 Å². The molecule has 69 valence electrons. The fourth-order valence-corrected chi connectivity index (χ4v) is 0.949. The van der Waals surface area contributed by atoms with Gasteiger partial charge in [-0.25, -0.2) is 13.2 Å². The van der Waals surface area contributed by atoms with Gasteiger partial charge in [-0.15, -0.1) is 6.58 Å². The number of allylic oxidation sites excluding steroid dienone is 1. The van der Waals surface area contributed by atoms with Crippen LogP contribution in [0.3, 0.4) is 0 Å². The second-order valence-corrected chi connectivity index (χ2v) is 2.63. The van der Waals surface area contributed by atoms with Gasteiger partial charge in [-0.1, -0.05) is 6.08 Å². The van der Waals surface area contributed by atoms with Gasteiger partial charge in [0, 0.05) is 12.0 Å². The molecule has 1 aromatic carbocycles. The van der Waals surface area contributed by atoms with Gasteiger partial charge >= 0.3 is 0 Å². The molecule has 0 aliphatic rings. The van der Waals surface area contributed by atoms with Gasteiger partial charge < -0.3 is 0 Å². The summed E-state index contributed by atoms with van der Waals surface area (Å²) in [7, 11) is 0. The lowest BCUT2D eigenvalue weighted by Crippen LogP contribution is -1.98. The van der Waals surface area contributed by atoms with Crippen molar-refractivity contribution in [2.45, 2.75) is 5.92 Å². The number of halogens is 3. The van der Waals surface area contributed by atoms with Crippen molar-refractivity contribution >= 4 is 0 Å². The van der Waals surface area contributed by atoms with Gasteiger partial charge in [-0.05, 0) is 18.6 Å². The van der Waals surface area contributed by atoms with Crippen LogP contribution in [-0.4, -0.2) is 0 Å². The smallest absolute Gasteiger partial charge is 0.161 e. The molecule has 0 amide bonds. The maximum atomic E-state index is 13.0. The molecule has 1 atom stereocenters. The van der Waals surface area contributed by atoms with Gasteiger partial charge in [0.1, 0.15) is 5.82 Å².